The molecule has 2 amide bonds. The Bertz CT molecular complexity index is 1350. The van der Waals surface area contributed by atoms with Gasteiger partial charge in [0.1, 0.15) is 11.1 Å². The Kier molecular flexibility index (Phi) is 8.08. The lowest BCUT2D eigenvalue weighted by molar-refractivity contribution is -0.115. The Morgan fingerprint density at radius 3 is 2.29 bits per heavy atom. The highest BCUT2D eigenvalue weighted by Crippen LogP contribution is 2.38. The van der Waals surface area contributed by atoms with Crippen molar-refractivity contribution in [2.24, 2.45) is 0 Å². The average Bonchev–Trinajstić information content (AvgIpc) is 2.86. The second kappa shape index (κ2) is 11.4. The van der Waals surface area contributed by atoms with Gasteiger partial charge in [-0.1, -0.05) is 59.6 Å². The molecule has 4 nitrogen and oxygen atoms in total. The Morgan fingerprint density at radius 1 is 0.800 bits per heavy atom. The second-order valence-electron chi connectivity index (χ2n) is 7.51. The fourth-order valence-corrected chi connectivity index (χ4v) is 4.70. The molecule has 1 unspecified atom stereocenters. The summed E-state index contributed by atoms with van der Waals surface area (Å²) in [5.74, 6) is -1.05. The number of carbonyl (C=O) groups excluding carboxylic acids is 2. The van der Waals surface area contributed by atoms with Gasteiger partial charge in [0, 0.05) is 21.2 Å². The number of halogens is 3. The van der Waals surface area contributed by atoms with Crippen molar-refractivity contribution in [2.45, 2.75) is 10.1 Å². The van der Waals surface area contributed by atoms with E-state index in [2.05, 4.69) is 10.6 Å². The van der Waals surface area contributed by atoms with Gasteiger partial charge in [-0.2, -0.15) is 0 Å². The molecule has 1 atom stereocenters. The van der Waals surface area contributed by atoms with Crippen LogP contribution in [-0.2, 0) is 4.79 Å². The van der Waals surface area contributed by atoms with Gasteiger partial charge < -0.3 is 10.6 Å². The normalized spacial score (nSPS) is 11.5. The first-order valence-electron chi connectivity index (χ1n) is 10.5. The van der Waals surface area contributed by atoms with E-state index >= 15 is 0 Å². The maximum Gasteiger partial charge on any atom is 0.255 e. The van der Waals surface area contributed by atoms with Gasteiger partial charge >= 0.3 is 0 Å². The van der Waals surface area contributed by atoms with Crippen molar-refractivity contribution in [3.8, 4) is 0 Å². The molecule has 4 aromatic carbocycles. The Labute approximate surface area is 216 Å². The highest BCUT2D eigenvalue weighted by molar-refractivity contribution is 8.00. The molecule has 0 aliphatic heterocycles. The summed E-state index contributed by atoms with van der Waals surface area (Å²) in [7, 11) is 0. The van der Waals surface area contributed by atoms with Gasteiger partial charge in [-0.3, -0.25) is 9.59 Å². The zero-order chi connectivity index (χ0) is 24.8. The van der Waals surface area contributed by atoms with Crippen LogP contribution < -0.4 is 10.6 Å². The minimum Gasteiger partial charge on any atom is -0.323 e. The lowest BCUT2D eigenvalue weighted by Crippen LogP contribution is -2.19. The van der Waals surface area contributed by atoms with E-state index in [1.165, 1.54) is 36.0 Å². The van der Waals surface area contributed by atoms with E-state index in [4.69, 9.17) is 23.2 Å². The standard InChI is InChI=1S/C27H19Cl2FN2O2S/c28-19-11-14-23(29)24(15-19)32-27(34)25(17-5-2-1-3-6-17)35-22-8-4-7-21(16-22)31-26(33)18-9-12-20(30)13-10-18/h1-16,25H,(H,31,33)(H,32,34). The van der Waals surface area contributed by atoms with Crippen molar-refractivity contribution in [1.82, 2.24) is 0 Å². The van der Waals surface area contributed by atoms with Gasteiger partial charge in [0.15, 0.2) is 0 Å². The van der Waals surface area contributed by atoms with Crippen LogP contribution in [0.5, 0.6) is 0 Å². The van der Waals surface area contributed by atoms with E-state index in [0.717, 1.165) is 10.5 Å². The number of carbonyl (C=O) groups is 2. The molecule has 0 aliphatic carbocycles. The van der Waals surface area contributed by atoms with Gasteiger partial charge in [-0.05, 0) is 66.2 Å². The highest BCUT2D eigenvalue weighted by atomic mass is 35.5. The molecule has 0 aliphatic rings. The monoisotopic (exact) mass is 524 g/mol. The van der Waals surface area contributed by atoms with Crippen LogP contribution in [0.1, 0.15) is 21.2 Å². The quantitative estimate of drug-likeness (QED) is 0.242. The van der Waals surface area contributed by atoms with Crippen molar-refractivity contribution in [1.29, 1.82) is 0 Å². The molecule has 0 aromatic heterocycles. The Morgan fingerprint density at radius 2 is 1.54 bits per heavy atom. The summed E-state index contributed by atoms with van der Waals surface area (Å²) in [6.07, 6.45) is 0. The first kappa shape index (κ1) is 24.8. The van der Waals surface area contributed by atoms with Crippen LogP contribution in [0.25, 0.3) is 0 Å². The Balaban J connectivity index is 1.55. The number of anilines is 2. The summed E-state index contributed by atoms with van der Waals surface area (Å²) in [6.45, 7) is 0. The first-order valence-corrected chi connectivity index (χ1v) is 12.2. The zero-order valence-corrected chi connectivity index (χ0v) is 20.5. The number of hydrogen-bond donors (Lipinski definition) is 2. The molecule has 0 saturated carbocycles. The van der Waals surface area contributed by atoms with E-state index in [-0.39, 0.29) is 11.8 Å². The first-order chi connectivity index (χ1) is 16.9. The van der Waals surface area contributed by atoms with E-state index < -0.39 is 11.1 Å². The minimum absolute atomic E-state index is 0.272. The maximum absolute atomic E-state index is 13.3. The van der Waals surface area contributed by atoms with Crippen LogP contribution in [0.4, 0.5) is 15.8 Å². The molecule has 35 heavy (non-hydrogen) atoms. The topological polar surface area (TPSA) is 58.2 Å². The van der Waals surface area contributed by atoms with Crippen molar-refractivity contribution >= 4 is 58.2 Å². The van der Waals surface area contributed by atoms with Crippen LogP contribution in [0.15, 0.2) is 102 Å². The van der Waals surface area contributed by atoms with Gasteiger partial charge in [-0.25, -0.2) is 4.39 Å². The molecule has 0 fully saturated rings. The fraction of sp³-hybridized carbons (Fsp3) is 0.0370. The second-order valence-corrected chi connectivity index (χ2v) is 9.53. The molecule has 0 bridgehead atoms. The van der Waals surface area contributed by atoms with E-state index in [1.807, 2.05) is 36.4 Å². The predicted molar refractivity (Wildman–Crippen MR) is 141 cm³/mol. The predicted octanol–water partition coefficient (Wildman–Crippen LogP) is 7.86. The summed E-state index contributed by atoms with van der Waals surface area (Å²) in [5, 5.41) is 5.91. The maximum atomic E-state index is 13.3. The molecule has 4 aromatic rings. The Hall–Kier alpha value is -3.32. The molecule has 0 heterocycles. The number of thioether (sulfide) groups is 1. The summed E-state index contributed by atoms with van der Waals surface area (Å²) in [6, 6.07) is 26.7. The summed E-state index contributed by atoms with van der Waals surface area (Å²) in [4.78, 5) is 26.6. The van der Waals surface area contributed by atoms with Crippen LogP contribution in [0.2, 0.25) is 10.0 Å². The SMILES string of the molecule is O=C(Nc1cccc(SC(C(=O)Nc2cc(Cl)ccc2Cl)c2ccccc2)c1)c1ccc(F)cc1. The van der Waals surface area contributed by atoms with Gasteiger partial charge in [-0.15, -0.1) is 11.8 Å². The molecule has 8 heteroatoms. The molecule has 176 valence electrons. The molecular weight excluding hydrogens is 506 g/mol. The van der Waals surface area contributed by atoms with Crippen LogP contribution >= 0.6 is 35.0 Å². The van der Waals surface area contributed by atoms with Crippen molar-refractivity contribution in [3.05, 3.63) is 124 Å². The third kappa shape index (κ3) is 6.63. The number of rotatable bonds is 7. The number of nitrogens with one attached hydrogen (secondary N) is 2. The van der Waals surface area contributed by atoms with Gasteiger partial charge in [0.05, 0.1) is 10.7 Å². The highest BCUT2D eigenvalue weighted by Gasteiger charge is 2.23. The lowest BCUT2D eigenvalue weighted by atomic mass is 10.1. The third-order valence-corrected chi connectivity index (χ3v) is 6.79. The summed E-state index contributed by atoms with van der Waals surface area (Å²) < 4.78 is 13.2. The van der Waals surface area contributed by atoms with Crippen molar-refractivity contribution < 1.29 is 14.0 Å². The smallest absolute Gasteiger partial charge is 0.255 e. The lowest BCUT2D eigenvalue weighted by Gasteiger charge is -2.18. The van der Waals surface area contributed by atoms with Crippen LogP contribution in [0.3, 0.4) is 0 Å². The molecule has 4 rings (SSSR count). The number of amides is 2. The summed E-state index contributed by atoms with van der Waals surface area (Å²) >= 11 is 13.6. The van der Waals surface area contributed by atoms with Gasteiger partial charge in [0.2, 0.25) is 5.91 Å². The van der Waals surface area contributed by atoms with E-state index in [9.17, 15) is 14.0 Å². The summed E-state index contributed by atoms with van der Waals surface area (Å²) in [5.41, 5.74) is 2.11. The molecule has 2 N–H and O–H groups in total. The van der Waals surface area contributed by atoms with Crippen LogP contribution in [0, 0.1) is 5.82 Å². The minimum atomic E-state index is -0.603. The molecular formula is C27H19Cl2FN2O2S. The van der Waals surface area contributed by atoms with Crippen molar-refractivity contribution in [3.63, 3.8) is 0 Å². The van der Waals surface area contributed by atoms with Crippen molar-refractivity contribution in [2.75, 3.05) is 10.6 Å². The number of benzene rings is 4. The molecule has 0 saturated heterocycles. The van der Waals surface area contributed by atoms with Crippen LogP contribution in [-0.4, -0.2) is 11.8 Å². The third-order valence-electron chi connectivity index (χ3n) is 4.98. The van der Waals surface area contributed by atoms with E-state index in [0.29, 0.717) is 27.0 Å². The molecule has 0 spiro atoms. The largest absolute Gasteiger partial charge is 0.323 e. The zero-order valence-electron chi connectivity index (χ0n) is 18.2. The number of hydrogen-bond acceptors (Lipinski definition) is 3. The molecule has 0 radical (unpaired) electrons. The average molecular weight is 525 g/mol. The van der Waals surface area contributed by atoms with Gasteiger partial charge in [0.25, 0.3) is 5.91 Å². The fourth-order valence-electron chi connectivity index (χ4n) is 3.28. The van der Waals surface area contributed by atoms with E-state index in [1.54, 1.807) is 36.4 Å².